The van der Waals surface area contributed by atoms with Gasteiger partial charge in [-0.05, 0) is 19.8 Å². The van der Waals surface area contributed by atoms with Crippen molar-refractivity contribution in [3.8, 4) is 0 Å². The van der Waals surface area contributed by atoms with Gasteiger partial charge in [0.25, 0.3) is 5.91 Å². The minimum absolute atomic E-state index is 0.300. The molecule has 0 aliphatic carbocycles. The van der Waals surface area contributed by atoms with Crippen molar-refractivity contribution in [1.82, 2.24) is 15.5 Å². The van der Waals surface area contributed by atoms with Crippen molar-refractivity contribution in [1.29, 1.82) is 0 Å². The first kappa shape index (κ1) is 11.7. The quantitative estimate of drug-likeness (QED) is 0.623. The number of amides is 4. The van der Waals surface area contributed by atoms with Gasteiger partial charge in [-0.2, -0.15) is 0 Å². The number of urea groups is 1. The van der Waals surface area contributed by atoms with Crippen molar-refractivity contribution in [2.24, 2.45) is 0 Å². The topological polar surface area (TPSA) is 87.7 Å². The number of hydrogen-bond acceptors (Lipinski definition) is 4. The van der Waals surface area contributed by atoms with Crippen LogP contribution in [0.2, 0.25) is 0 Å². The van der Waals surface area contributed by atoms with Gasteiger partial charge in [0.1, 0.15) is 5.54 Å². The van der Waals surface area contributed by atoms with Gasteiger partial charge in [-0.15, -0.1) is 0 Å². The predicted octanol–water partition coefficient (Wildman–Crippen LogP) is -0.183. The van der Waals surface area contributed by atoms with E-state index in [2.05, 4.69) is 10.6 Å². The molecule has 4 amide bonds. The Hall–Kier alpha value is -1.79. The van der Waals surface area contributed by atoms with Crippen LogP contribution in [0.5, 0.6) is 0 Å². The number of carbonyl (C=O) groups excluding carboxylic acids is 3. The fourth-order valence-electron chi connectivity index (χ4n) is 2.17. The standard InChI is InChI=1S/C10H15N3O4/c1-2-17-9(16)13-5-3-10(4-6-13)7(14)11-8(15)12-10/h2-6H2,1H3,(H2,11,12,14,15). The fourth-order valence-corrected chi connectivity index (χ4v) is 2.17. The fraction of sp³-hybridized carbons (Fsp3) is 0.700. The molecule has 0 bridgehead atoms. The van der Waals surface area contributed by atoms with E-state index in [1.54, 1.807) is 11.8 Å². The summed E-state index contributed by atoms with van der Waals surface area (Å²) in [7, 11) is 0. The number of imide groups is 1. The summed E-state index contributed by atoms with van der Waals surface area (Å²) in [5.74, 6) is -0.300. The highest BCUT2D eigenvalue weighted by molar-refractivity contribution is 6.07. The van der Waals surface area contributed by atoms with E-state index >= 15 is 0 Å². The predicted molar refractivity (Wildman–Crippen MR) is 57.2 cm³/mol. The van der Waals surface area contributed by atoms with Gasteiger partial charge in [0.05, 0.1) is 6.61 Å². The lowest BCUT2D eigenvalue weighted by Crippen LogP contribution is -2.55. The Balaban J connectivity index is 1.96. The first-order valence-electron chi connectivity index (χ1n) is 5.63. The lowest BCUT2D eigenvalue weighted by Gasteiger charge is -2.36. The third-order valence-corrected chi connectivity index (χ3v) is 3.16. The second-order valence-electron chi connectivity index (χ2n) is 4.18. The second kappa shape index (κ2) is 4.23. The molecule has 0 aromatic carbocycles. The van der Waals surface area contributed by atoms with Gasteiger partial charge in [-0.25, -0.2) is 9.59 Å². The van der Waals surface area contributed by atoms with E-state index in [1.807, 2.05) is 0 Å². The highest BCUT2D eigenvalue weighted by atomic mass is 16.6. The van der Waals surface area contributed by atoms with Crippen molar-refractivity contribution in [2.75, 3.05) is 19.7 Å². The lowest BCUT2D eigenvalue weighted by atomic mass is 9.88. The summed E-state index contributed by atoms with van der Waals surface area (Å²) in [6, 6.07) is -0.459. The van der Waals surface area contributed by atoms with E-state index in [-0.39, 0.29) is 12.0 Å². The summed E-state index contributed by atoms with van der Waals surface area (Å²) >= 11 is 0. The molecule has 7 nitrogen and oxygen atoms in total. The molecule has 2 saturated heterocycles. The van der Waals surface area contributed by atoms with Gasteiger partial charge < -0.3 is 15.0 Å². The first-order chi connectivity index (χ1) is 8.07. The van der Waals surface area contributed by atoms with Crippen LogP contribution in [0.1, 0.15) is 19.8 Å². The van der Waals surface area contributed by atoms with E-state index < -0.39 is 11.6 Å². The maximum Gasteiger partial charge on any atom is 0.409 e. The van der Waals surface area contributed by atoms with Crippen molar-refractivity contribution >= 4 is 18.0 Å². The van der Waals surface area contributed by atoms with Crippen LogP contribution in [0, 0.1) is 0 Å². The monoisotopic (exact) mass is 241 g/mol. The van der Waals surface area contributed by atoms with Crippen molar-refractivity contribution in [3.05, 3.63) is 0 Å². The molecule has 0 radical (unpaired) electrons. The van der Waals surface area contributed by atoms with E-state index in [0.717, 1.165) is 0 Å². The summed E-state index contributed by atoms with van der Waals surface area (Å²) in [5, 5.41) is 4.85. The number of piperidine rings is 1. The number of hydrogen-bond donors (Lipinski definition) is 2. The van der Waals surface area contributed by atoms with Crippen LogP contribution >= 0.6 is 0 Å². The molecule has 7 heteroatoms. The number of rotatable bonds is 1. The van der Waals surface area contributed by atoms with Gasteiger partial charge in [-0.1, -0.05) is 0 Å². The first-order valence-corrected chi connectivity index (χ1v) is 5.63. The van der Waals surface area contributed by atoms with Crippen LogP contribution in [-0.2, 0) is 9.53 Å². The second-order valence-corrected chi connectivity index (χ2v) is 4.18. The zero-order valence-corrected chi connectivity index (χ0v) is 9.62. The summed E-state index contributed by atoms with van der Waals surface area (Å²) in [6.07, 6.45) is 0.472. The molecule has 2 rings (SSSR count). The van der Waals surface area contributed by atoms with Crippen LogP contribution < -0.4 is 10.6 Å². The summed E-state index contributed by atoms with van der Waals surface area (Å²) in [4.78, 5) is 35.7. The minimum atomic E-state index is -0.833. The molecule has 0 atom stereocenters. The third kappa shape index (κ3) is 2.04. The molecule has 2 N–H and O–H groups in total. The molecule has 2 aliphatic rings. The zero-order chi connectivity index (χ0) is 12.5. The number of nitrogens with one attached hydrogen (secondary N) is 2. The van der Waals surface area contributed by atoms with Gasteiger partial charge >= 0.3 is 12.1 Å². The van der Waals surface area contributed by atoms with Crippen LogP contribution in [0.25, 0.3) is 0 Å². The molecule has 0 aromatic heterocycles. The van der Waals surface area contributed by atoms with Gasteiger partial charge in [0.2, 0.25) is 0 Å². The summed E-state index contributed by atoms with van der Waals surface area (Å²) in [5.41, 5.74) is -0.833. The summed E-state index contributed by atoms with van der Waals surface area (Å²) < 4.78 is 4.88. The molecule has 94 valence electrons. The molecule has 1 spiro atoms. The van der Waals surface area contributed by atoms with Crippen LogP contribution in [0.3, 0.4) is 0 Å². The smallest absolute Gasteiger partial charge is 0.409 e. The average Bonchev–Trinajstić information content (AvgIpc) is 2.55. The van der Waals surface area contributed by atoms with E-state index in [0.29, 0.717) is 32.5 Å². The molecule has 2 heterocycles. The van der Waals surface area contributed by atoms with E-state index in [4.69, 9.17) is 4.74 Å². The van der Waals surface area contributed by atoms with Gasteiger partial charge in [-0.3, -0.25) is 10.1 Å². The molecule has 0 saturated carbocycles. The van der Waals surface area contributed by atoms with Crippen molar-refractivity contribution in [3.63, 3.8) is 0 Å². The number of ether oxygens (including phenoxy) is 1. The molecule has 0 aromatic rings. The highest BCUT2D eigenvalue weighted by Crippen LogP contribution is 2.25. The largest absolute Gasteiger partial charge is 0.450 e. The molecular formula is C10H15N3O4. The SMILES string of the molecule is CCOC(=O)N1CCC2(CC1)NC(=O)NC2=O. The summed E-state index contributed by atoms with van der Waals surface area (Å²) in [6.45, 7) is 2.89. The van der Waals surface area contributed by atoms with Crippen molar-refractivity contribution < 1.29 is 19.1 Å². The molecule has 17 heavy (non-hydrogen) atoms. The molecule has 0 unspecified atom stereocenters. The Morgan fingerprint density at radius 3 is 2.53 bits per heavy atom. The highest BCUT2D eigenvalue weighted by Gasteiger charge is 2.48. The molecule has 2 fully saturated rings. The normalized spacial score (nSPS) is 22.3. The maximum atomic E-state index is 11.6. The zero-order valence-electron chi connectivity index (χ0n) is 9.62. The third-order valence-electron chi connectivity index (χ3n) is 3.16. The van der Waals surface area contributed by atoms with E-state index in [1.165, 1.54) is 0 Å². The van der Waals surface area contributed by atoms with Crippen LogP contribution in [0.4, 0.5) is 9.59 Å². The molecular weight excluding hydrogens is 226 g/mol. The number of nitrogens with zero attached hydrogens (tertiary/aromatic N) is 1. The number of likely N-dealkylation sites (tertiary alicyclic amines) is 1. The number of carbonyl (C=O) groups is 3. The Bertz CT molecular complexity index is 361. The van der Waals surface area contributed by atoms with Crippen molar-refractivity contribution in [2.45, 2.75) is 25.3 Å². The Morgan fingerprint density at radius 2 is 2.06 bits per heavy atom. The average molecular weight is 241 g/mol. The minimum Gasteiger partial charge on any atom is -0.450 e. The Labute approximate surface area is 98.5 Å². The lowest BCUT2D eigenvalue weighted by molar-refractivity contribution is -0.125. The molecule has 2 aliphatic heterocycles. The Kier molecular flexibility index (Phi) is 2.91. The van der Waals surface area contributed by atoms with Gasteiger partial charge in [0, 0.05) is 13.1 Å². The van der Waals surface area contributed by atoms with Crippen LogP contribution in [0.15, 0.2) is 0 Å². The van der Waals surface area contributed by atoms with Crippen LogP contribution in [-0.4, -0.2) is 48.2 Å². The van der Waals surface area contributed by atoms with Gasteiger partial charge in [0.15, 0.2) is 0 Å². The Morgan fingerprint density at radius 1 is 1.41 bits per heavy atom. The van der Waals surface area contributed by atoms with E-state index in [9.17, 15) is 14.4 Å². The maximum absolute atomic E-state index is 11.6.